The standard InChI is InChI=1S/C21H27N7O2/c1-13(2)28-20(29)17-12-15(26(4)21(30)27-9-5-6-10-27)7-8-16(17)19(25-28)22-18-11-14(3)23-24-18/h7-8,11-13H,5-6,9-10H2,1-4H3,(H2,22,23,24,25). The van der Waals surface area contributed by atoms with Crippen LogP contribution < -0.4 is 15.8 Å². The highest BCUT2D eigenvalue weighted by atomic mass is 16.2. The number of anilines is 3. The molecule has 30 heavy (non-hydrogen) atoms. The molecule has 0 spiro atoms. The van der Waals surface area contributed by atoms with Crippen LogP contribution in [0.3, 0.4) is 0 Å². The Morgan fingerprint density at radius 2 is 1.93 bits per heavy atom. The molecule has 1 aliphatic rings. The van der Waals surface area contributed by atoms with Crippen LogP contribution in [0.2, 0.25) is 0 Å². The molecule has 2 aromatic heterocycles. The number of aromatic nitrogens is 4. The van der Waals surface area contributed by atoms with Crippen molar-refractivity contribution in [3.05, 3.63) is 40.3 Å². The number of fused-ring (bicyclic) bond motifs is 1. The Hall–Kier alpha value is -3.36. The van der Waals surface area contributed by atoms with E-state index in [1.165, 1.54) is 4.68 Å². The fraction of sp³-hybridized carbons (Fsp3) is 0.429. The van der Waals surface area contributed by atoms with Crippen molar-refractivity contribution in [3.8, 4) is 0 Å². The summed E-state index contributed by atoms with van der Waals surface area (Å²) in [6, 6.07) is 7.16. The Morgan fingerprint density at radius 1 is 1.20 bits per heavy atom. The number of urea groups is 1. The number of hydrogen-bond acceptors (Lipinski definition) is 5. The lowest BCUT2D eigenvalue weighted by Crippen LogP contribution is -2.39. The number of amides is 2. The number of aromatic amines is 1. The number of nitrogens with one attached hydrogen (secondary N) is 2. The van der Waals surface area contributed by atoms with Crippen molar-refractivity contribution in [3.63, 3.8) is 0 Å². The molecule has 0 unspecified atom stereocenters. The molecule has 3 heterocycles. The molecule has 1 saturated heterocycles. The maximum absolute atomic E-state index is 13.1. The van der Waals surface area contributed by atoms with E-state index >= 15 is 0 Å². The van der Waals surface area contributed by atoms with E-state index in [9.17, 15) is 9.59 Å². The van der Waals surface area contributed by atoms with Gasteiger partial charge in [0, 0.05) is 43.0 Å². The summed E-state index contributed by atoms with van der Waals surface area (Å²) in [7, 11) is 1.75. The van der Waals surface area contributed by atoms with E-state index in [1.54, 1.807) is 18.0 Å². The highest BCUT2D eigenvalue weighted by Crippen LogP contribution is 2.27. The zero-order valence-electron chi connectivity index (χ0n) is 17.8. The number of nitrogens with zero attached hydrogens (tertiary/aromatic N) is 5. The van der Waals surface area contributed by atoms with Crippen molar-refractivity contribution in [2.45, 2.75) is 39.7 Å². The van der Waals surface area contributed by atoms with Gasteiger partial charge in [-0.05, 0) is 51.8 Å². The maximum Gasteiger partial charge on any atom is 0.324 e. The molecule has 0 saturated carbocycles. The van der Waals surface area contributed by atoms with E-state index in [0.29, 0.717) is 28.1 Å². The molecular formula is C21H27N7O2. The second kappa shape index (κ2) is 7.81. The Bertz CT molecular complexity index is 1140. The SMILES string of the molecule is Cc1cc(Nc2nn(C(C)C)c(=O)c3cc(N(C)C(=O)N4CCCC4)ccc23)n[nH]1. The summed E-state index contributed by atoms with van der Waals surface area (Å²) in [5, 5.41) is 16.0. The fourth-order valence-corrected chi connectivity index (χ4v) is 3.73. The molecule has 0 aliphatic carbocycles. The van der Waals surface area contributed by atoms with Gasteiger partial charge in [0.25, 0.3) is 5.56 Å². The minimum Gasteiger partial charge on any atom is -0.324 e. The molecule has 1 aromatic carbocycles. The summed E-state index contributed by atoms with van der Waals surface area (Å²) in [4.78, 5) is 29.4. The lowest BCUT2D eigenvalue weighted by atomic mass is 10.1. The highest BCUT2D eigenvalue weighted by molar-refractivity contribution is 5.98. The Labute approximate surface area is 174 Å². The number of hydrogen-bond donors (Lipinski definition) is 2. The maximum atomic E-state index is 13.1. The molecule has 0 bridgehead atoms. The van der Waals surface area contributed by atoms with E-state index < -0.39 is 0 Å². The minimum absolute atomic E-state index is 0.0459. The first-order valence-electron chi connectivity index (χ1n) is 10.2. The first kappa shape index (κ1) is 19.9. The predicted molar refractivity (Wildman–Crippen MR) is 118 cm³/mol. The van der Waals surface area contributed by atoms with Crippen molar-refractivity contribution >= 4 is 34.1 Å². The van der Waals surface area contributed by atoms with Gasteiger partial charge in [-0.25, -0.2) is 9.48 Å². The molecule has 4 rings (SSSR count). The van der Waals surface area contributed by atoms with E-state index in [4.69, 9.17) is 0 Å². The number of carbonyl (C=O) groups is 1. The number of aryl methyl sites for hydroxylation is 1. The molecule has 3 aromatic rings. The Kier molecular flexibility index (Phi) is 5.19. The zero-order valence-corrected chi connectivity index (χ0v) is 17.8. The van der Waals surface area contributed by atoms with Crippen LogP contribution in [-0.4, -0.2) is 51.0 Å². The quantitative estimate of drug-likeness (QED) is 0.688. The molecule has 1 fully saturated rings. The summed E-state index contributed by atoms with van der Waals surface area (Å²) < 4.78 is 1.45. The van der Waals surface area contributed by atoms with Crippen molar-refractivity contribution in [1.29, 1.82) is 0 Å². The Balaban J connectivity index is 1.78. The van der Waals surface area contributed by atoms with E-state index in [0.717, 1.165) is 31.6 Å². The lowest BCUT2D eigenvalue weighted by molar-refractivity contribution is 0.217. The van der Waals surface area contributed by atoms with Crippen LogP contribution in [0.15, 0.2) is 29.1 Å². The Morgan fingerprint density at radius 3 is 2.57 bits per heavy atom. The molecule has 1 aliphatic heterocycles. The third-order valence-corrected chi connectivity index (χ3v) is 5.40. The largest absolute Gasteiger partial charge is 0.324 e. The number of H-pyrrole nitrogens is 1. The molecule has 0 atom stereocenters. The van der Waals surface area contributed by atoms with Gasteiger partial charge < -0.3 is 10.2 Å². The number of likely N-dealkylation sites (tertiary alicyclic amines) is 1. The number of carbonyl (C=O) groups excluding carboxylic acids is 1. The lowest BCUT2D eigenvalue weighted by Gasteiger charge is -2.24. The van der Waals surface area contributed by atoms with Gasteiger partial charge >= 0.3 is 6.03 Å². The first-order chi connectivity index (χ1) is 14.3. The zero-order chi connectivity index (χ0) is 21.4. The average molecular weight is 409 g/mol. The molecule has 2 amide bonds. The third-order valence-electron chi connectivity index (χ3n) is 5.40. The van der Waals surface area contributed by atoms with Gasteiger partial charge in [-0.3, -0.25) is 14.8 Å². The molecular weight excluding hydrogens is 382 g/mol. The molecule has 9 heteroatoms. The molecule has 158 valence electrons. The number of benzene rings is 1. The topological polar surface area (TPSA) is 99.2 Å². The van der Waals surface area contributed by atoms with E-state index in [-0.39, 0.29) is 17.6 Å². The van der Waals surface area contributed by atoms with Crippen LogP contribution >= 0.6 is 0 Å². The average Bonchev–Trinajstić information content (AvgIpc) is 3.40. The van der Waals surface area contributed by atoms with Crippen molar-refractivity contribution < 1.29 is 4.79 Å². The minimum atomic E-state index is -0.187. The molecule has 2 N–H and O–H groups in total. The van der Waals surface area contributed by atoms with Crippen LogP contribution in [-0.2, 0) is 0 Å². The van der Waals surface area contributed by atoms with E-state index in [2.05, 4.69) is 20.6 Å². The number of rotatable bonds is 4. The third kappa shape index (κ3) is 3.62. The summed E-state index contributed by atoms with van der Waals surface area (Å²) in [6.07, 6.45) is 2.06. The van der Waals surface area contributed by atoms with Gasteiger partial charge in [0.1, 0.15) is 0 Å². The van der Waals surface area contributed by atoms with Crippen LogP contribution in [0.4, 0.5) is 22.1 Å². The van der Waals surface area contributed by atoms with Crippen LogP contribution in [0.1, 0.15) is 38.4 Å². The monoisotopic (exact) mass is 409 g/mol. The van der Waals surface area contributed by atoms with Crippen molar-refractivity contribution in [2.24, 2.45) is 0 Å². The van der Waals surface area contributed by atoms with Crippen LogP contribution in [0, 0.1) is 6.92 Å². The van der Waals surface area contributed by atoms with E-state index in [1.807, 2.05) is 43.9 Å². The normalized spacial score (nSPS) is 14.0. The van der Waals surface area contributed by atoms with Crippen LogP contribution in [0.25, 0.3) is 10.8 Å². The van der Waals surface area contributed by atoms with Gasteiger partial charge in [-0.15, -0.1) is 0 Å². The summed E-state index contributed by atoms with van der Waals surface area (Å²) in [6.45, 7) is 7.29. The summed E-state index contributed by atoms with van der Waals surface area (Å²) in [5.74, 6) is 1.17. The van der Waals surface area contributed by atoms with Gasteiger partial charge in [0.2, 0.25) is 0 Å². The molecule has 0 radical (unpaired) electrons. The second-order valence-corrected chi connectivity index (χ2v) is 8.02. The summed E-state index contributed by atoms with van der Waals surface area (Å²) in [5.41, 5.74) is 1.41. The first-order valence-corrected chi connectivity index (χ1v) is 10.2. The predicted octanol–water partition coefficient (Wildman–Crippen LogP) is 3.40. The van der Waals surface area contributed by atoms with Gasteiger partial charge in [0.05, 0.1) is 11.4 Å². The van der Waals surface area contributed by atoms with Gasteiger partial charge in [-0.1, -0.05) is 0 Å². The fourth-order valence-electron chi connectivity index (χ4n) is 3.73. The van der Waals surface area contributed by atoms with Crippen molar-refractivity contribution in [2.75, 3.05) is 30.4 Å². The second-order valence-electron chi connectivity index (χ2n) is 8.02. The smallest absolute Gasteiger partial charge is 0.324 e. The van der Waals surface area contributed by atoms with Gasteiger partial charge in [-0.2, -0.15) is 10.2 Å². The van der Waals surface area contributed by atoms with Gasteiger partial charge in [0.15, 0.2) is 11.6 Å². The highest BCUT2D eigenvalue weighted by Gasteiger charge is 2.23. The molecule has 9 nitrogen and oxygen atoms in total. The summed E-state index contributed by atoms with van der Waals surface area (Å²) >= 11 is 0. The van der Waals surface area contributed by atoms with Crippen molar-refractivity contribution in [1.82, 2.24) is 24.9 Å². The van der Waals surface area contributed by atoms with Crippen LogP contribution in [0.5, 0.6) is 0 Å².